The second-order valence-corrected chi connectivity index (χ2v) is 6.35. The molecule has 0 aliphatic carbocycles. The van der Waals surface area contributed by atoms with Crippen LogP contribution in [0.4, 0.5) is 5.82 Å². The van der Waals surface area contributed by atoms with Crippen molar-refractivity contribution >= 4 is 17.4 Å². The van der Waals surface area contributed by atoms with Gasteiger partial charge in [0.2, 0.25) is 0 Å². The lowest BCUT2D eigenvalue weighted by Gasteiger charge is -2.26. The number of nitrogens with one attached hydrogen (secondary N) is 1. The third-order valence-electron chi connectivity index (χ3n) is 3.75. The Labute approximate surface area is 127 Å². The molecule has 0 radical (unpaired) electrons. The Bertz CT molecular complexity index is 412. The predicted octanol–water partition coefficient (Wildman–Crippen LogP) is 4.00. The molecular weight excluding hydrogens is 270 g/mol. The SMILES string of the molecule is CC(C)NCc1cnc(N2CCCCCCC2)c(Cl)c1. The fourth-order valence-corrected chi connectivity index (χ4v) is 2.89. The molecule has 0 bridgehead atoms. The van der Waals surface area contributed by atoms with Gasteiger partial charge in [-0.2, -0.15) is 0 Å². The Hall–Kier alpha value is -0.800. The van der Waals surface area contributed by atoms with Crippen LogP contribution in [0.2, 0.25) is 5.02 Å². The highest BCUT2D eigenvalue weighted by molar-refractivity contribution is 6.33. The molecule has 1 N–H and O–H groups in total. The van der Waals surface area contributed by atoms with E-state index in [1.165, 1.54) is 32.1 Å². The van der Waals surface area contributed by atoms with Crippen LogP contribution in [0, 0.1) is 0 Å². The first kappa shape index (κ1) is 15.6. The maximum atomic E-state index is 6.44. The highest BCUT2D eigenvalue weighted by Crippen LogP contribution is 2.26. The Balaban J connectivity index is 2.03. The fraction of sp³-hybridized carbons (Fsp3) is 0.688. The summed E-state index contributed by atoms with van der Waals surface area (Å²) in [5.74, 6) is 0.960. The monoisotopic (exact) mass is 295 g/mol. The Morgan fingerprint density at radius 1 is 1.20 bits per heavy atom. The summed E-state index contributed by atoms with van der Waals surface area (Å²) in [6.45, 7) is 7.27. The molecule has 2 heterocycles. The van der Waals surface area contributed by atoms with E-state index in [2.05, 4.69) is 35.1 Å². The van der Waals surface area contributed by atoms with Gasteiger partial charge in [0.1, 0.15) is 5.82 Å². The summed E-state index contributed by atoms with van der Waals surface area (Å²) in [4.78, 5) is 6.95. The summed E-state index contributed by atoms with van der Waals surface area (Å²) in [6, 6.07) is 2.53. The minimum Gasteiger partial charge on any atom is -0.355 e. The molecule has 1 aliphatic heterocycles. The van der Waals surface area contributed by atoms with E-state index in [1.807, 2.05) is 6.20 Å². The first-order valence-electron chi connectivity index (χ1n) is 7.79. The van der Waals surface area contributed by atoms with Crippen molar-refractivity contribution in [2.24, 2.45) is 0 Å². The second kappa shape index (κ2) is 7.84. The van der Waals surface area contributed by atoms with Crippen LogP contribution >= 0.6 is 11.6 Å². The predicted molar refractivity (Wildman–Crippen MR) is 86.5 cm³/mol. The van der Waals surface area contributed by atoms with Gasteiger partial charge in [-0.1, -0.05) is 44.7 Å². The molecule has 1 fully saturated rings. The van der Waals surface area contributed by atoms with Crippen LogP contribution in [-0.2, 0) is 6.54 Å². The quantitative estimate of drug-likeness (QED) is 0.910. The van der Waals surface area contributed by atoms with Crippen LogP contribution in [0.1, 0.15) is 51.5 Å². The molecule has 1 aliphatic rings. The Kier molecular flexibility index (Phi) is 6.11. The topological polar surface area (TPSA) is 28.2 Å². The third kappa shape index (κ3) is 4.64. The first-order valence-corrected chi connectivity index (χ1v) is 8.17. The summed E-state index contributed by atoms with van der Waals surface area (Å²) < 4.78 is 0. The van der Waals surface area contributed by atoms with E-state index in [0.29, 0.717) is 6.04 Å². The lowest BCUT2D eigenvalue weighted by atomic mass is 10.1. The third-order valence-corrected chi connectivity index (χ3v) is 4.03. The van der Waals surface area contributed by atoms with Gasteiger partial charge in [-0.25, -0.2) is 4.98 Å². The van der Waals surface area contributed by atoms with E-state index in [1.54, 1.807) is 0 Å². The molecule has 2 rings (SSSR count). The van der Waals surface area contributed by atoms with Crippen molar-refractivity contribution in [2.45, 2.75) is 58.5 Å². The van der Waals surface area contributed by atoms with Gasteiger partial charge in [-0.05, 0) is 24.5 Å². The summed E-state index contributed by atoms with van der Waals surface area (Å²) >= 11 is 6.44. The molecule has 1 aromatic heterocycles. The summed E-state index contributed by atoms with van der Waals surface area (Å²) in [7, 11) is 0. The summed E-state index contributed by atoms with van der Waals surface area (Å²) in [5.41, 5.74) is 1.15. The highest BCUT2D eigenvalue weighted by Gasteiger charge is 2.14. The molecule has 20 heavy (non-hydrogen) atoms. The van der Waals surface area contributed by atoms with Crippen LogP contribution in [0.3, 0.4) is 0 Å². The van der Waals surface area contributed by atoms with E-state index >= 15 is 0 Å². The van der Waals surface area contributed by atoms with Crippen molar-refractivity contribution in [3.05, 3.63) is 22.8 Å². The average Bonchev–Trinajstić information content (AvgIpc) is 2.37. The number of hydrogen-bond donors (Lipinski definition) is 1. The smallest absolute Gasteiger partial charge is 0.147 e. The van der Waals surface area contributed by atoms with E-state index < -0.39 is 0 Å². The molecule has 0 spiro atoms. The molecule has 0 amide bonds. The van der Waals surface area contributed by atoms with Gasteiger partial charge in [0.25, 0.3) is 0 Å². The van der Waals surface area contributed by atoms with Gasteiger partial charge in [0.05, 0.1) is 5.02 Å². The number of aromatic nitrogens is 1. The first-order chi connectivity index (χ1) is 9.66. The number of rotatable bonds is 4. The summed E-state index contributed by atoms with van der Waals surface area (Å²) in [6.07, 6.45) is 8.46. The molecule has 0 atom stereocenters. The highest BCUT2D eigenvalue weighted by atomic mass is 35.5. The van der Waals surface area contributed by atoms with Crippen LogP contribution < -0.4 is 10.2 Å². The number of anilines is 1. The van der Waals surface area contributed by atoms with Gasteiger partial charge in [-0.15, -0.1) is 0 Å². The van der Waals surface area contributed by atoms with Gasteiger partial charge < -0.3 is 10.2 Å². The lowest BCUT2D eigenvalue weighted by Crippen LogP contribution is -2.28. The number of nitrogens with zero attached hydrogens (tertiary/aromatic N) is 2. The van der Waals surface area contributed by atoms with Gasteiger partial charge in [0, 0.05) is 31.9 Å². The zero-order valence-corrected chi connectivity index (χ0v) is 13.4. The van der Waals surface area contributed by atoms with E-state index in [0.717, 1.165) is 36.0 Å². The van der Waals surface area contributed by atoms with Crippen molar-refractivity contribution in [1.82, 2.24) is 10.3 Å². The van der Waals surface area contributed by atoms with Crippen LogP contribution in [0.25, 0.3) is 0 Å². The maximum Gasteiger partial charge on any atom is 0.147 e. The van der Waals surface area contributed by atoms with Crippen molar-refractivity contribution in [1.29, 1.82) is 0 Å². The number of halogens is 1. The zero-order chi connectivity index (χ0) is 14.4. The van der Waals surface area contributed by atoms with Gasteiger partial charge in [-0.3, -0.25) is 0 Å². The maximum absolute atomic E-state index is 6.44. The molecule has 4 heteroatoms. The van der Waals surface area contributed by atoms with Gasteiger partial charge >= 0.3 is 0 Å². The van der Waals surface area contributed by atoms with Gasteiger partial charge in [0.15, 0.2) is 0 Å². The second-order valence-electron chi connectivity index (χ2n) is 5.94. The molecule has 0 saturated carbocycles. The van der Waals surface area contributed by atoms with E-state index in [9.17, 15) is 0 Å². The molecule has 112 valence electrons. The summed E-state index contributed by atoms with van der Waals surface area (Å²) in [5, 5.41) is 4.18. The lowest BCUT2D eigenvalue weighted by molar-refractivity contribution is 0.553. The molecule has 0 unspecified atom stereocenters. The van der Waals surface area contributed by atoms with Crippen molar-refractivity contribution in [3.8, 4) is 0 Å². The van der Waals surface area contributed by atoms with Crippen LogP contribution in [-0.4, -0.2) is 24.1 Å². The van der Waals surface area contributed by atoms with E-state index in [4.69, 9.17) is 11.6 Å². The molecule has 1 saturated heterocycles. The molecular formula is C16H26ClN3. The largest absolute Gasteiger partial charge is 0.355 e. The van der Waals surface area contributed by atoms with Crippen molar-refractivity contribution in [2.75, 3.05) is 18.0 Å². The fourth-order valence-electron chi connectivity index (χ4n) is 2.58. The standard InChI is InChI=1S/C16H26ClN3/c1-13(2)18-11-14-10-15(17)16(19-12-14)20-8-6-4-3-5-7-9-20/h10,12-13,18H,3-9,11H2,1-2H3. The van der Waals surface area contributed by atoms with Crippen LogP contribution in [0.15, 0.2) is 12.3 Å². The molecule has 0 aromatic carbocycles. The van der Waals surface area contributed by atoms with E-state index in [-0.39, 0.29) is 0 Å². The Morgan fingerprint density at radius 3 is 2.45 bits per heavy atom. The average molecular weight is 296 g/mol. The normalized spacial score (nSPS) is 17.1. The molecule has 3 nitrogen and oxygen atoms in total. The van der Waals surface area contributed by atoms with Crippen LogP contribution in [0.5, 0.6) is 0 Å². The number of hydrogen-bond acceptors (Lipinski definition) is 3. The molecule has 1 aromatic rings. The Morgan fingerprint density at radius 2 is 1.85 bits per heavy atom. The zero-order valence-electron chi connectivity index (χ0n) is 12.7. The van der Waals surface area contributed by atoms with Crippen molar-refractivity contribution < 1.29 is 0 Å². The minimum atomic E-state index is 0.475. The minimum absolute atomic E-state index is 0.475. The van der Waals surface area contributed by atoms with Crippen molar-refractivity contribution in [3.63, 3.8) is 0 Å². The number of pyridine rings is 1.